The molecule has 0 nitrogen and oxygen atoms in total. The standard InChI is InChI=1S/C14H20Si2/c1-15(2)11-7-5-9-13(11)16(3,4)14-10-6-8-12(14)15/h5-11,14H,1-4H3. The van der Waals surface area contributed by atoms with Crippen LogP contribution >= 0.6 is 0 Å². The second kappa shape index (κ2) is 2.99. The summed E-state index contributed by atoms with van der Waals surface area (Å²) in [6.07, 6.45) is 14.5. The molecule has 0 saturated carbocycles. The predicted molar refractivity (Wildman–Crippen MR) is 76.9 cm³/mol. The quantitative estimate of drug-likeness (QED) is 0.560. The molecule has 0 aromatic heterocycles. The molecule has 0 N–H and O–H groups in total. The van der Waals surface area contributed by atoms with E-state index in [-0.39, 0.29) is 0 Å². The summed E-state index contributed by atoms with van der Waals surface area (Å²) in [5.74, 6) is 0. The molecule has 84 valence electrons. The van der Waals surface area contributed by atoms with Crippen molar-refractivity contribution in [2.45, 2.75) is 37.3 Å². The Kier molecular flexibility index (Phi) is 1.97. The average Bonchev–Trinajstić information content (AvgIpc) is 2.86. The summed E-state index contributed by atoms with van der Waals surface area (Å²) in [5, 5.41) is 3.63. The van der Waals surface area contributed by atoms with Gasteiger partial charge in [-0.15, -0.1) is 0 Å². The van der Waals surface area contributed by atoms with Gasteiger partial charge in [0.2, 0.25) is 0 Å². The van der Waals surface area contributed by atoms with Crippen LogP contribution in [-0.2, 0) is 0 Å². The normalized spacial score (nSPS) is 36.8. The molecular formula is C14H20Si2. The lowest BCUT2D eigenvalue weighted by Crippen LogP contribution is -2.52. The molecule has 0 aromatic carbocycles. The highest BCUT2D eigenvalue weighted by Gasteiger charge is 2.53. The lowest BCUT2D eigenvalue weighted by Gasteiger charge is -2.49. The van der Waals surface area contributed by atoms with Gasteiger partial charge in [-0.2, -0.15) is 0 Å². The summed E-state index contributed by atoms with van der Waals surface area (Å²) in [6.45, 7) is 10.2. The Morgan fingerprint density at radius 1 is 0.750 bits per heavy atom. The molecule has 1 saturated heterocycles. The van der Waals surface area contributed by atoms with Gasteiger partial charge in [0.25, 0.3) is 0 Å². The first kappa shape index (κ1) is 10.5. The van der Waals surface area contributed by atoms with Crippen molar-refractivity contribution in [1.82, 2.24) is 0 Å². The van der Waals surface area contributed by atoms with Crippen LogP contribution in [0.5, 0.6) is 0 Å². The van der Waals surface area contributed by atoms with E-state index < -0.39 is 16.1 Å². The molecule has 16 heavy (non-hydrogen) atoms. The third-order valence-electron chi connectivity index (χ3n) is 4.87. The van der Waals surface area contributed by atoms with Crippen LogP contribution in [0.2, 0.25) is 37.3 Å². The molecule has 2 aliphatic carbocycles. The fourth-order valence-electron chi connectivity index (χ4n) is 3.80. The summed E-state index contributed by atoms with van der Waals surface area (Å²) in [4.78, 5) is 0. The topological polar surface area (TPSA) is 0 Å². The van der Waals surface area contributed by atoms with Gasteiger partial charge in [-0.1, -0.05) is 73.0 Å². The van der Waals surface area contributed by atoms with Gasteiger partial charge in [-0.3, -0.25) is 0 Å². The molecule has 0 radical (unpaired) electrons. The van der Waals surface area contributed by atoms with Gasteiger partial charge in [0.05, 0.1) is 16.1 Å². The van der Waals surface area contributed by atoms with E-state index in [0.29, 0.717) is 0 Å². The Morgan fingerprint density at radius 2 is 1.12 bits per heavy atom. The molecule has 2 unspecified atom stereocenters. The van der Waals surface area contributed by atoms with Crippen molar-refractivity contribution in [3.05, 3.63) is 46.8 Å². The maximum atomic E-state index is 2.55. The monoisotopic (exact) mass is 244 g/mol. The highest BCUT2D eigenvalue weighted by atomic mass is 28.3. The molecule has 1 fully saturated rings. The predicted octanol–water partition coefficient (Wildman–Crippen LogP) is 4.23. The van der Waals surface area contributed by atoms with Gasteiger partial charge in [-0.25, -0.2) is 0 Å². The summed E-state index contributed by atoms with van der Waals surface area (Å²) < 4.78 is 0. The molecule has 2 atom stereocenters. The highest BCUT2D eigenvalue weighted by Crippen LogP contribution is 2.57. The van der Waals surface area contributed by atoms with Gasteiger partial charge in [0.15, 0.2) is 0 Å². The number of hydrogen-bond acceptors (Lipinski definition) is 0. The first-order valence-electron chi connectivity index (χ1n) is 6.23. The van der Waals surface area contributed by atoms with Crippen molar-refractivity contribution in [2.24, 2.45) is 0 Å². The summed E-state index contributed by atoms with van der Waals surface area (Å²) >= 11 is 0. The van der Waals surface area contributed by atoms with E-state index in [4.69, 9.17) is 0 Å². The SMILES string of the molecule is C[Si]1(C)C2=CC=CC2[Si](C)(C)C2=CC=CC21. The van der Waals surface area contributed by atoms with Crippen LogP contribution in [0, 0.1) is 0 Å². The molecule has 0 amide bonds. The first-order valence-corrected chi connectivity index (χ1v) is 12.4. The molecule has 0 bridgehead atoms. The Bertz CT molecular complexity index is 417. The van der Waals surface area contributed by atoms with Gasteiger partial charge < -0.3 is 0 Å². The lowest BCUT2D eigenvalue weighted by molar-refractivity contribution is 1.10. The van der Waals surface area contributed by atoms with Crippen LogP contribution in [0.1, 0.15) is 0 Å². The van der Waals surface area contributed by atoms with Crippen molar-refractivity contribution in [2.75, 3.05) is 0 Å². The minimum Gasteiger partial charge on any atom is -0.0801 e. The minimum atomic E-state index is -1.26. The maximum absolute atomic E-state index is 2.55. The van der Waals surface area contributed by atoms with E-state index in [1.54, 1.807) is 0 Å². The van der Waals surface area contributed by atoms with Gasteiger partial charge in [-0.05, 0) is 11.1 Å². The smallest absolute Gasteiger partial charge is 0.0801 e. The molecule has 1 heterocycles. The van der Waals surface area contributed by atoms with Gasteiger partial charge in [0.1, 0.15) is 0 Å². The molecular weight excluding hydrogens is 224 g/mol. The fraction of sp³-hybridized carbons (Fsp3) is 0.429. The summed E-state index contributed by atoms with van der Waals surface area (Å²) in [6, 6.07) is 0. The van der Waals surface area contributed by atoms with E-state index in [9.17, 15) is 0 Å². The largest absolute Gasteiger partial charge is 0.0863 e. The molecule has 3 rings (SSSR count). The first-order chi connectivity index (χ1) is 7.45. The Balaban J connectivity index is 2.19. The second-order valence-electron chi connectivity index (χ2n) is 6.41. The van der Waals surface area contributed by atoms with E-state index in [0.717, 1.165) is 11.1 Å². The Morgan fingerprint density at radius 3 is 1.50 bits per heavy atom. The zero-order chi connectivity index (χ0) is 11.6. The third-order valence-corrected chi connectivity index (χ3v) is 13.5. The van der Waals surface area contributed by atoms with Crippen LogP contribution < -0.4 is 0 Å². The van der Waals surface area contributed by atoms with Crippen molar-refractivity contribution in [3.63, 3.8) is 0 Å². The van der Waals surface area contributed by atoms with Crippen LogP contribution in [0.15, 0.2) is 46.8 Å². The summed E-state index contributed by atoms with van der Waals surface area (Å²) in [7, 11) is -2.52. The van der Waals surface area contributed by atoms with Crippen LogP contribution in [-0.4, -0.2) is 16.1 Å². The van der Waals surface area contributed by atoms with Crippen molar-refractivity contribution >= 4 is 16.1 Å². The Labute approximate surface area is 100 Å². The van der Waals surface area contributed by atoms with Crippen molar-refractivity contribution < 1.29 is 0 Å². The lowest BCUT2D eigenvalue weighted by atomic mass is 10.4. The van der Waals surface area contributed by atoms with E-state index in [2.05, 4.69) is 62.6 Å². The van der Waals surface area contributed by atoms with Crippen LogP contribution in [0.4, 0.5) is 0 Å². The fourth-order valence-corrected chi connectivity index (χ4v) is 14.7. The number of allylic oxidation sites excluding steroid dienone is 8. The number of hydrogen-bond donors (Lipinski definition) is 0. The van der Waals surface area contributed by atoms with Crippen LogP contribution in [0.25, 0.3) is 0 Å². The van der Waals surface area contributed by atoms with E-state index in [1.165, 1.54) is 0 Å². The van der Waals surface area contributed by atoms with Gasteiger partial charge >= 0.3 is 0 Å². The van der Waals surface area contributed by atoms with Crippen LogP contribution in [0.3, 0.4) is 0 Å². The van der Waals surface area contributed by atoms with E-state index >= 15 is 0 Å². The van der Waals surface area contributed by atoms with Crippen molar-refractivity contribution in [1.29, 1.82) is 0 Å². The second-order valence-corrected chi connectivity index (χ2v) is 15.7. The highest BCUT2D eigenvalue weighted by molar-refractivity contribution is 6.99. The molecule has 0 spiro atoms. The molecule has 1 aliphatic heterocycles. The van der Waals surface area contributed by atoms with Crippen molar-refractivity contribution in [3.8, 4) is 0 Å². The third kappa shape index (κ3) is 1.09. The maximum Gasteiger partial charge on any atom is 0.0863 e. The molecule has 0 aromatic rings. The number of fused-ring (bicyclic) bond motifs is 2. The minimum absolute atomic E-state index is 0.802. The molecule has 2 heteroatoms. The Hall–Kier alpha value is -0.606. The molecule has 3 aliphatic rings. The van der Waals surface area contributed by atoms with Gasteiger partial charge in [0, 0.05) is 0 Å². The summed E-state index contributed by atoms with van der Waals surface area (Å²) in [5.41, 5.74) is 1.60. The average molecular weight is 244 g/mol. The van der Waals surface area contributed by atoms with E-state index in [1.807, 2.05) is 10.4 Å². The number of rotatable bonds is 0. The zero-order valence-corrected chi connectivity index (χ0v) is 12.6. The zero-order valence-electron chi connectivity index (χ0n) is 10.6.